The van der Waals surface area contributed by atoms with E-state index in [1.54, 1.807) is 0 Å². The fraction of sp³-hybridized carbons (Fsp3) is 0.194. The number of hydrogen-bond acceptors (Lipinski definition) is 1. The topological polar surface area (TPSA) is 3.24 Å². The highest BCUT2D eigenvalue weighted by Gasteiger charge is 2.43. The van der Waals surface area contributed by atoms with Crippen LogP contribution in [-0.4, -0.2) is 0 Å². The van der Waals surface area contributed by atoms with E-state index in [2.05, 4.69) is 233 Å². The Morgan fingerprint density at radius 1 is 0.603 bits per heavy atom. The van der Waals surface area contributed by atoms with E-state index in [4.69, 9.17) is 0 Å². The van der Waals surface area contributed by atoms with Crippen LogP contribution in [0, 0.1) is 17.8 Å². The van der Waals surface area contributed by atoms with Gasteiger partial charge in [-0.25, -0.2) is 0 Å². The molecule has 6 aromatic rings. The Labute approximate surface area is 374 Å². The van der Waals surface area contributed by atoms with Gasteiger partial charge in [0.2, 0.25) is 0 Å². The fourth-order valence-corrected chi connectivity index (χ4v) is 11.1. The number of benzene rings is 6. The molecule has 1 heteroatoms. The van der Waals surface area contributed by atoms with Crippen LogP contribution in [0.2, 0.25) is 0 Å². The first kappa shape index (κ1) is 39.0. The van der Waals surface area contributed by atoms with Gasteiger partial charge in [0.05, 0.1) is 0 Å². The second kappa shape index (κ2) is 14.9. The number of rotatable bonds is 7. The van der Waals surface area contributed by atoms with Crippen LogP contribution in [-0.2, 0) is 16.2 Å². The highest BCUT2D eigenvalue weighted by atomic mass is 15.1. The zero-order valence-electron chi connectivity index (χ0n) is 37.0. The van der Waals surface area contributed by atoms with Crippen LogP contribution in [0.15, 0.2) is 194 Å². The average molecular weight is 812 g/mol. The monoisotopic (exact) mass is 811 g/mol. The molecule has 6 aromatic carbocycles. The Morgan fingerprint density at radius 3 is 1.98 bits per heavy atom. The SMILES string of the molecule is CC1(c2ccc(N(c3ccc(C4=CC=C5c6ccccc6C(C)(C)C5C4)cc3)c3ccc(-c4ccc5c(c4)C(C)(C)C4=C5C#CC=CC4)cc3)cc2)C=CC(c2ccccc2)=CC1. The second-order valence-electron chi connectivity index (χ2n) is 19.4. The summed E-state index contributed by atoms with van der Waals surface area (Å²) in [6.07, 6.45) is 19.0. The molecule has 0 bridgehead atoms. The maximum atomic E-state index is 3.46. The lowest BCUT2D eigenvalue weighted by molar-refractivity contribution is 0.418. The molecule has 0 radical (unpaired) electrons. The predicted molar refractivity (Wildman–Crippen MR) is 267 cm³/mol. The molecule has 2 atom stereocenters. The summed E-state index contributed by atoms with van der Waals surface area (Å²) < 4.78 is 0. The van der Waals surface area contributed by atoms with E-state index in [0.29, 0.717) is 5.92 Å². The van der Waals surface area contributed by atoms with Crippen molar-refractivity contribution >= 4 is 39.4 Å². The van der Waals surface area contributed by atoms with Crippen LogP contribution in [0.5, 0.6) is 0 Å². The van der Waals surface area contributed by atoms with E-state index in [9.17, 15) is 0 Å². The van der Waals surface area contributed by atoms with Gasteiger partial charge in [0.1, 0.15) is 0 Å². The number of nitrogens with zero attached hydrogens (tertiary/aromatic N) is 1. The lowest BCUT2D eigenvalue weighted by Gasteiger charge is -2.32. The van der Waals surface area contributed by atoms with Crippen molar-refractivity contribution in [1.29, 1.82) is 0 Å². The Balaban J connectivity index is 0.916. The molecule has 5 aliphatic rings. The van der Waals surface area contributed by atoms with Gasteiger partial charge >= 0.3 is 0 Å². The molecule has 1 nitrogen and oxygen atoms in total. The summed E-state index contributed by atoms with van der Waals surface area (Å²) in [6.45, 7) is 11.9. The molecular weight excluding hydrogens is 759 g/mol. The largest absolute Gasteiger partial charge is 0.311 e. The van der Waals surface area contributed by atoms with Gasteiger partial charge < -0.3 is 4.90 Å². The van der Waals surface area contributed by atoms with Crippen molar-refractivity contribution in [2.24, 2.45) is 5.92 Å². The third-order valence-electron chi connectivity index (χ3n) is 15.0. The summed E-state index contributed by atoms with van der Waals surface area (Å²) in [4.78, 5) is 2.41. The van der Waals surface area contributed by atoms with Crippen LogP contribution in [0.3, 0.4) is 0 Å². The molecule has 0 saturated carbocycles. The molecule has 0 amide bonds. The summed E-state index contributed by atoms with van der Waals surface area (Å²) in [6, 6.07) is 54.4. The minimum atomic E-state index is -0.0794. The Kier molecular flexibility index (Phi) is 9.22. The summed E-state index contributed by atoms with van der Waals surface area (Å²) in [5.74, 6) is 7.18. The lowest BCUT2D eigenvalue weighted by atomic mass is 9.72. The third kappa shape index (κ3) is 6.55. The van der Waals surface area contributed by atoms with Crippen molar-refractivity contribution in [2.45, 2.75) is 70.1 Å². The summed E-state index contributed by atoms with van der Waals surface area (Å²) in [7, 11) is 0. The molecule has 306 valence electrons. The smallest absolute Gasteiger partial charge is 0.0462 e. The number of anilines is 3. The zero-order chi connectivity index (χ0) is 42.9. The first-order valence-corrected chi connectivity index (χ1v) is 22.7. The van der Waals surface area contributed by atoms with E-state index in [1.807, 2.05) is 6.08 Å². The number of allylic oxidation sites excluding steroid dienone is 12. The molecule has 63 heavy (non-hydrogen) atoms. The van der Waals surface area contributed by atoms with Gasteiger partial charge in [0, 0.05) is 33.5 Å². The van der Waals surface area contributed by atoms with Crippen LogP contribution in [0.1, 0.15) is 92.8 Å². The molecule has 0 N–H and O–H groups in total. The van der Waals surface area contributed by atoms with Crippen molar-refractivity contribution in [3.8, 4) is 23.0 Å². The first-order chi connectivity index (χ1) is 30.6. The molecule has 0 fully saturated rings. The molecule has 0 heterocycles. The molecule has 2 unspecified atom stereocenters. The molecule has 0 spiro atoms. The summed E-state index contributed by atoms with van der Waals surface area (Å²) in [5, 5.41) is 0. The van der Waals surface area contributed by atoms with E-state index < -0.39 is 0 Å². The van der Waals surface area contributed by atoms with Crippen LogP contribution in [0.25, 0.3) is 33.4 Å². The minimum absolute atomic E-state index is 0.0609. The van der Waals surface area contributed by atoms with Gasteiger partial charge in [-0.2, -0.15) is 0 Å². The highest BCUT2D eigenvalue weighted by Crippen LogP contribution is 2.55. The Bertz CT molecular complexity index is 3060. The lowest BCUT2D eigenvalue weighted by Crippen LogP contribution is -2.24. The number of fused-ring (bicyclic) bond motifs is 5. The number of hydrogen-bond donors (Lipinski definition) is 0. The van der Waals surface area contributed by atoms with E-state index >= 15 is 0 Å². The Hall–Kier alpha value is -6.88. The maximum absolute atomic E-state index is 3.46. The zero-order valence-corrected chi connectivity index (χ0v) is 37.0. The van der Waals surface area contributed by atoms with Crippen LogP contribution in [0.4, 0.5) is 17.1 Å². The van der Waals surface area contributed by atoms with E-state index in [1.165, 1.54) is 77.9 Å². The molecule has 5 aliphatic carbocycles. The van der Waals surface area contributed by atoms with Crippen LogP contribution < -0.4 is 4.90 Å². The minimum Gasteiger partial charge on any atom is -0.311 e. The fourth-order valence-electron chi connectivity index (χ4n) is 11.1. The van der Waals surface area contributed by atoms with E-state index in [0.717, 1.165) is 36.3 Å². The van der Waals surface area contributed by atoms with Gasteiger partial charge in [-0.3, -0.25) is 0 Å². The molecule has 0 aliphatic heterocycles. The predicted octanol–water partition coefficient (Wildman–Crippen LogP) is 15.9. The van der Waals surface area contributed by atoms with Gasteiger partial charge in [-0.05, 0) is 151 Å². The average Bonchev–Trinajstić information content (AvgIpc) is 3.50. The summed E-state index contributed by atoms with van der Waals surface area (Å²) in [5.41, 5.74) is 22.1. The van der Waals surface area contributed by atoms with Gasteiger partial charge in [-0.1, -0.05) is 186 Å². The molecular formula is C62H53N. The van der Waals surface area contributed by atoms with Crippen LogP contribution >= 0.6 is 0 Å². The maximum Gasteiger partial charge on any atom is 0.0462 e. The van der Waals surface area contributed by atoms with Crippen molar-refractivity contribution < 1.29 is 0 Å². The molecule has 11 rings (SSSR count). The van der Waals surface area contributed by atoms with Gasteiger partial charge in [0.15, 0.2) is 0 Å². The standard InChI is InChI=1S/C62H53N/c1-60(2)56-18-11-7-10-16-52(56)54-34-24-46(40-58(54)60)43-20-28-49(29-21-43)63(51-32-26-48(27-33-51)62(5)38-36-45(37-39-62)42-14-8-6-9-15-42)50-30-22-44(23-31-50)47-25-35-55-53-17-12-13-19-57(53)61(3,4)59(55)41-47/h6-9,11-15,17,19-38,40,59H,18,39,41H2,1-5H3. The van der Waals surface area contributed by atoms with Crippen molar-refractivity contribution in [3.63, 3.8) is 0 Å². The van der Waals surface area contributed by atoms with Crippen molar-refractivity contribution in [2.75, 3.05) is 4.90 Å². The Morgan fingerprint density at radius 2 is 1.27 bits per heavy atom. The highest BCUT2D eigenvalue weighted by molar-refractivity contribution is 5.92. The van der Waals surface area contributed by atoms with Crippen molar-refractivity contribution in [1.82, 2.24) is 0 Å². The van der Waals surface area contributed by atoms with Crippen molar-refractivity contribution in [3.05, 3.63) is 233 Å². The quantitative estimate of drug-likeness (QED) is 0.145. The normalized spacial score (nSPS) is 20.8. The first-order valence-electron chi connectivity index (χ1n) is 22.7. The van der Waals surface area contributed by atoms with Gasteiger partial charge in [-0.15, -0.1) is 0 Å². The molecule has 0 aromatic heterocycles. The molecule has 0 saturated heterocycles. The summed E-state index contributed by atoms with van der Waals surface area (Å²) >= 11 is 0. The van der Waals surface area contributed by atoms with E-state index in [-0.39, 0.29) is 16.2 Å². The van der Waals surface area contributed by atoms with Gasteiger partial charge in [0.25, 0.3) is 0 Å². The third-order valence-corrected chi connectivity index (χ3v) is 15.0. The second-order valence-corrected chi connectivity index (χ2v) is 19.4.